The summed E-state index contributed by atoms with van der Waals surface area (Å²) in [6, 6.07) is 0. The second kappa shape index (κ2) is 2.44. The monoisotopic (exact) mass is 255 g/mol. The normalized spacial score (nSPS) is 12.0. The Labute approximate surface area is 71.8 Å². The largest absolute Gasteiger partial charge is 0.327 e. The molecule has 1 aromatic heterocycles. The fraction of sp³-hybridized carbons (Fsp3) is 0.600. The highest BCUT2D eigenvalue weighted by Gasteiger charge is 2.16. The zero-order valence-corrected chi connectivity index (χ0v) is 7.83. The van der Waals surface area contributed by atoms with Gasteiger partial charge in [0.2, 0.25) is 0 Å². The molecule has 56 valence electrons. The number of halogens is 2. The van der Waals surface area contributed by atoms with Crippen LogP contribution in [0.4, 0.5) is 4.39 Å². The van der Waals surface area contributed by atoms with Gasteiger partial charge < -0.3 is 0 Å². The SMILES string of the molecule is CC(C)(I)n1cnc(F)n1. The first-order valence-corrected chi connectivity index (χ1v) is 3.84. The van der Waals surface area contributed by atoms with Gasteiger partial charge in [0.1, 0.15) is 9.87 Å². The maximum atomic E-state index is 12.2. The third kappa shape index (κ3) is 1.65. The zero-order valence-electron chi connectivity index (χ0n) is 5.67. The molecule has 3 nitrogen and oxygen atoms in total. The van der Waals surface area contributed by atoms with Crippen molar-refractivity contribution in [2.45, 2.75) is 17.4 Å². The van der Waals surface area contributed by atoms with Crippen molar-refractivity contribution in [2.75, 3.05) is 0 Å². The highest BCUT2D eigenvalue weighted by Crippen LogP contribution is 2.21. The van der Waals surface area contributed by atoms with E-state index in [0.717, 1.165) is 0 Å². The maximum Gasteiger partial charge on any atom is 0.327 e. The molecule has 0 fully saturated rings. The fourth-order valence-electron chi connectivity index (χ4n) is 0.499. The van der Waals surface area contributed by atoms with Crippen LogP contribution in [0.2, 0.25) is 0 Å². The Bertz CT molecular complexity index is 227. The van der Waals surface area contributed by atoms with E-state index in [1.807, 2.05) is 13.8 Å². The van der Waals surface area contributed by atoms with Crippen molar-refractivity contribution in [3.05, 3.63) is 12.4 Å². The van der Waals surface area contributed by atoms with Crippen molar-refractivity contribution < 1.29 is 4.39 Å². The highest BCUT2D eigenvalue weighted by molar-refractivity contribution is 14.1. The molecular weight excluding hydrogens is 248 g/mol. The molecule has 10 heavy (non-hydrogen) atoms. The first-order valence-electron chi connectivity index (χ1n) is 2.77. The van der Waals surface area contributed by atoms with E-state index in [1.165, 1.54) is 11.0 Å². The molecular formula is C5H7FIN3. The predicted molar refractivity (Wildman–Crippen MR) is 43.3 cm³/mol. The molecule has 1 aromatic rings. The summed E-state index contributed by atoms with van der Waals surface area (Å²) >= 11 is 2.15. The van der Waals surface area contributed by atoms with Gasteiger partial charge in [0.15, 0.2) is 0 Å². The van der Waals surface area contributed by atoms with Crippen LogP contribution in [-0.4, -0.2) is 14.8 Å². The lowest BCUT2D eigenvalue weighted by molar-refractivity contribution is 0.460. The molecule has 0 aromatic carbocycles. The van der Waals surface area contributed by atoms with Crippen LogP contribution in [0, 0.1) is 6.08 Å². The van der Waals surface area contributed by atoms with E-state index in [2.05, 4.69) is 32.7 Å². The van der Waals surface area contributed by atoms with Crippen molar-refractivity contribution in [1.29, 1.82) is 0 Å². The smallest absolute Gasteiger partial charge is 0.235 e. The minimum absolute atomic E-state index is 0.213. The quantitative estimate of drug-likeness (QED) is 0.563. The van der Waals surface area contributed by atoms with E-state index in [1.54, 1.807) is 0 Å². The summed E-state index contributed by atoms with van der Waals surface area (Å²) < 4.78 is 13.5. The number of alkyl halides is 1. The Hall–Kier alpha value is -0.200. The average Bonchev–Trinajstić information content (AvgIpc) is 2.11. The summed E-state index contributed by atoms with van der Waals surface area (Å²) in [5.74, 6) is 0. The number of rotatable bonds is 1. The minimum atomic E-state index is -0.676. The molecule has 0 saturated carbocycles. The van der Waals surface area contributed by atoms with Gasteiger partial charge in [-0.1, -0.05) is 22.6 Å². The van der Waals surface area contributed by atoms with E-state index < -0.39 is 6.08 Å². The predicted octanol–water partition coefficient (Wildman–Crippen LogP) is 1.54. The maximum absolute atomic E-state index is 12.2. The fourth-order valence-corrected chi connectivity index (χ4v) is 0.731. The average molecular weight is 255 g/mol. The zero-order chi connectivity index (χ0) is 7.78. The van der Waals surface area contributed by atoms with Gasteiger partial charge in [-0.3, -0.25) is 0 Å². The van der Waals surface area contributed by atoms with Crippen molar-refractivity contribution in [1.82, 2.24) is 14.8 Å². The molecule has 0 aliphatic carbocycles. The van der Waals surface area contributed by atoms with E-state index >= 15 is 0 Å². The van der Waals surface area contributed by atoms with Crippen LogP contribution >= 0.6 is 22.6 Å². The van der Waals surface area contributed by atoms with Gasteiger partial charge in [-0.25, -0.2) is 4.68 Å². The van der Waals surface area contributed by atoms with Crippen LogP contribution in [0.25, 0.3) is 0 Å². The summed E-state index contributed by atoms with van der Waals surface area (Å²) in [6.45, 7) is 3.84. The van der Waals surface area contributed by atoms with Gasteiger partial charge in [0.25, 0.3) is 0 Å². The molecule has 1 heterocycles. The lowest BCUT2D eigenvalue weighted by Crippen LogP contribution is -2.18. The molecule has 0 N–H and O–H groups in total. The third-order valence-electron chi connectivity index (χ3n) is 1.01. The molecule has 0 aliphatic heterocycles. The van der Waals surface area contributed by atoms with Crippen LogP contribution in [0.5, 0.6) is 0 Å². The Morgan fingerprint density at radius 3 is 2.50 bits per heavy atom. The molecule has 0 radical (unpaired) electrons. The van der Waals surface area contributed by atoms with E-state index in [-0.39, 0.29) is 3.55 Å². The van der Waals surface area contributed by atoms with Crippen LogP contribution in [-0.2, 0) is 3.55 Å². The number of aromatic nitrogens is 3. The molecule has 0 bridgehead atoms. The van der Waals surface area contributed by atoms with Crippen LogP contribution in [0.15, 0.2) is 6.33 Å². The van der Waals surface area contributed by atoms with Gasteiger partial charge in [-0.05, 0) is 13.8 Å². The lowest BCUT2D eigenvalue weighted by atomic mass is 10.4. The Balaban J connectivity index is 2.96. The number of hydrogen-bond donors (Lipinski definition) is 0. The third-order valence-corrected chi connectivity index (χ3v) is 1.50. The molecule has 0 aliphatic rings. The molecule has 5 heteroatoms. The number of hydrogen-bond acceptors (Lipinski definition) is 2. The minimum Gasteiger partial charge on any atom is -0.235 e. The Morgan fingerprint density at radius 1 is 1.70 bits per heavy atom. The van der Waals surface area contributed by atoms with Gasteiger partial charge in [0.05, 0.1) is 0 Å². The molecule has 1 rings (SSSR count). The molecule has 0 amide bonds. The van der Waals surface area contributed by atoms with Crippen molar-refractivity contribution in [2.24, 2.45) is 0 Å². The first kappa shape index (κ1) is 7.90. The van der Waals surface area contributed by atoms with Crippen LogP contribution < -0.4 is 0 Å². The van der Waals surface area contributed by atoms with Crippen molar-refractivity contribution in [3.63, 3.8) is 0 Å². The second-order valence-corrected chi connectivity index (χ2v) is 5.01. The first-order chi connectivity index (χ1) is 4.50. The van der Waals surface area contributed by atoms with Gasteiger partial charge in [-0.2, -0.15) is 9.37 Å². The summed E-state index contributed by atoms with van der Waals surface area (Å²) in [7, 11) is 0. The molecule has 0 saturated heterocycles. The van der Waals surface area contributed by atoms with E-state index in [0.29, 0.717) is 0 Å². The summed E-state index contributed by atoms with van der Waals surface area (Å²) in [4.78, 5) is 3.36. The standard InChI is InChI=1S/C5H7FIN3/c1-5(2,7)10-3-8-4(6)9-10/h3H,1-2H3. The van der Waals surface area contributed by atoms with Gasteiger partial charge in [-0.15, -0.1) is 5.10 Å². The summed E-state index contributed by atoms with van der Waals surface area (Å²) in [6.07, 6.45) is 0.701. The highest BCUT2D eigenvalue weighted by atomic mass is 127. The van der Waals surface area contributed by atoms with E-state index in [4.69, 9.17) is 0 Å². The Morgan fingerprint density at radius 2 is 2.30 bits per heavy atom. The topological polar surface area (TPSA) is 30.7 Å². The summed E-state index contributed by atoms with van der Waals surface area (Å²) in [5, 5.41) is 3.51. The Kier molecular flexibility index (Phi) is 1.93. The second-order valence-electron chi connectivity index (χ2n) is 2.37. The van der Waals surface area contributed by atoms with Crippen molar-refractivity contribution >= 4 is 22.6 Å². The van der Waals surface area contributed by atoms with Crippen LogP contribution in [0.3, 0.4) is 0 Å². The molecule has 0 unspecified atom stereocenters. The molecule has 0 atom stereocenters. The molecule has 0 spiro atoms. The number of nitrogens with zero attached hydrogens (tertiary/aromatic N) is 3. The van der Waals surface area contributed by atoms with Gasteiger partial charge >= 0.3 is 6.08 Å². The van der Waals surface area contributed by atoms with Crippen molar-refractivity contribution in [3.8, 4) is 0 Å². The van der Waals surface area contributed by atoms with E-state index in [9.17, 15) is 4.39 Å². The van der Waals surface area contributed by atoms with Gasteiger partial charge in [0, 0.05) is 0 Å². The lowest BCUT2D eigenvalue weighted by Gasteiger charge is -2.14. The summed E-state index contributed by atoms with van der Waals surface area (Å²) in [5.41, 5.74) is 0. The van der Waals surface area contributed by atoms with Crippen LogP contribution in [0.1, 0.15) is 13.8 Å².